The zero-order valence-electron chi connectivity index (χ0n) is 14.9. The van der Waals surface area contributed by atoms with Gasteiger partial charge < -0.3 is 15.0 Å². The number of amides is 2. The van der Waals surface area contributed by atoms with E-state index >= 15 is 0 Å². The number of nitrogens with one attached hydrogen (secondary N) is 1. The van der Waals surface area contributed by atoms with Crippen LogP contribution in [0.15, 0.2) is 24.5 Å². The molecule has 0 aliphatic carbocycles. The second-order valence-corrected chi connectivity index (χ2v) is 7.03. The van der Waals surface area contributed by atoms with Crippen LogP contribution in [0.4, 0.5) is 0 Å². The second-order valence-electron chi connectivity index (χ2n) is 7.03. The van der Waals surface area contributed by atoms with Crippen LogP contribution < -0.4 is 5.32 Å². The van der Waals surface area contributed by atoms with Gasteiger partial charge in [0.2, 0.25) is 5.91 Å². The molecule has 2 amide bonds. The molecule has 2 saturated heterocycles. The number of rotatable bonds is 7. The first-order valence-corrected chi connectivity index (χ1v) is 9.24. The zero-order chi connectivity index (χ0) is 17.7. The summed E-state index contributed by atoms with van der Waals surface area (Å²) in [5.41, 5.74) is 0.451. The number of carbonyl (C=O) groups excluding carboxylic acids is 2. The molecule has 0 bridgehead atoms. The fraction of sp³-hybridized carbons (Fsp3) is 0.632. The van der Waals surface area contributed by atoms with Gasteiger partial charge in [0.15, 0.2) is 0 Å². The van der Waals surface area contributed by atoms with Gasteiger partial charge >= 0.3 is 0 Å². The lowest BCUT2D eigenvalue weighted by Crippen LogP contribution is -2.66. The summed E-state index contributed by atoms with van der Waals surface area (Å²) < 4.78 is 6.00. The Hall–Kier alpha value is -1.95. The van der Waals surface area contributed by atoms with Crippen molar-refractivity contribution in [3.05, 3.63) is 30.1 Å². The third-order valence-corrected chi connectivity index (χ3v) is 5.33. The molecule has 6 nitrogen and oxygen atoms in total. The van der Waals surface area contributed by atoms with Crippen molar-refractivity contribution in [2.24, 2.45) is 5.92 Å². The van der Waals surface area contributed by atoms with Crippen molar-refractivity contribution in [2.75, 3.05) is 26.2 Å². The highest BCUT2D eigenvalue weighted by atomic mass is 16.5. The number of nitrogens with zero attached hydrogens (tertiary/aromatic N) is 2. The van der Waals surface area contributed by atoms with Crippen molar-refractivity contribution in [1.82, 2.24) is 15.2 Å². The molecule has 0 radical (unpaired) electrons. The van der Waals surface area contributed by atoms with Gasteiger partial charge in [-0.2, -0.15) is 0 Å². The van der Waals surface area contributed by atoms with Crippen molar-refractivity contribution in [3.8, 4) is 0 Å². The lowest BCUT2D eigenvalue weighted by Gasteiger charge is -2.50. The predicted octanol–water partition coefficient (Wildman–Crippen LogP) is 2.01. The minimum absolute atomic E-state index is 0.0691. The maximum Gasteiger partial charge on any atom is 0.251 e. The van der Waals surface area contributed by atoms with Crippen LogP contribution in [0.1, 0.15) is 49.4 Å². The standard InChI is InChI=1S/C19H27N3O3/c1-2-3-4-17(23)22-13-19(14-22)16(8-12-25-19)7-11-21-18(24)15-5-9-20-10-6-15/h5-6,9-10,16H,2-4,7-8,11-14H2,1H3,(H,21,24). The van der Waals surface area contributed by atoms with Crippen LogP contribution in [0.25, 0.3) is 0 Å². The summed E-state index contributed by atoms with van der Waals surface area (Å²) in [6.07, 6.45) is 7.75. The van der Waals surface area contributed by atoms with Crippen molar-refractivity contribution < 1.29 is 14.3 Å². The topological polar surface area (TPSA) is 71.5 Å². The van der Waals surface area contributed by atoms with Crippen LogP contribution in [0, 0.1) is 5.92 Å². The highest BCUT2D eigenvalue weighted by Crippen LogP contribution is 2.41. The van der Waals surface area contributed by atoms with E-state index in [0.717, 1.165) is 32.3 Å². The van der Waals surface area contributed by atoms with Crippen LogP contribution in [-0.2, 0) is 9.53 Å². The molecule has 1 aromatic heterocycles. The van der Waals surface area contributed by atoms with Gasteiger partial charge in [0.25, 0.3) is 5.91 Å². The predicted molar refractivity (Wildman–Crippen MR) is 94.1 cm³/mol. The quantitative estimate of drug-likeness (QED) is 0.820. The highest BCUT2D eigenvalue weighted by molar-refractivity contribution is 5.93. The number of unbranched alkanes of at least 4 members (excludes halogenated alkanes) is 1. The van der Waals surface area contributed by atoms with Crippen LogP contribution in [0.5, 0.6) is 0 Å². The average Bonchev–Trinajstić information content (AvgIpc) is 3.03. The molecular formula is C19H27N3O3. The molecule has 0 saturated carbocycles. The van der Waals surface area contributed by atoms with Gasteiger partial charge in [-0.3, -0.25) is 14.6 Å². The van der Waals surface area contributed by atoms with E-state index in [9.17, 15) is 9.59 Å². The third kappa shape index (κ3) is 4.00. The summed E-state index contributed by atoms with van der Waals surface area (Å²) in [7, 11) is 0. The van der Waals surface area contributed by atoms with Crippen molar-refractivity contribution in [2.45, 2.75) is 44.6 Å². The molecule has 2 aliphatic rings. The largest absolute Gasteiger partial charge is 0.371 e. The molecular weight excluding hydrogens is 318 g/mol. The Morgan fingerprint density at radius 2 is 2.12 bits per heavy atom. The first-order chi connectivity index (χ1) is 12.1. The minimum Gasteiger partial charge on any atom is -0.371 e. The maximum absolute atomic E-state index is 12.1. The number of hydrogen-bond donors (Lipinski definition) is 1. The summed E-state index contributed by atoms with van der Waals surface area (Å²) in [4.78, 5) is 30.0. The van der Waals surface area contributed by atoms with Gasteiger partial charge in [-0.1, -0.05) is 13.3 Å². The van der Waals surface area contributed by atoms with Crippen LogP contribution >= 0.6 is 0 Å². The first kappa shape index (κ1) is 17.9. The van der Waals surface area contributed by atoms with E-state index in [1.807, 2.05) is 4.90 Å². The smallest absolute Gasteiger partial charge is 0.251 e. The number of carbonyl (C=O) groups is 2. The van der Waals surface area contributed by atoms with Crippen LogP contribution in [0.3, 0.4) is 0 Å². The van der Waals surface area contributed by atoms with Gasteiger partial charge in [0, 0.05) is 37.5 Å². The lowest BCUT2D eigenvalue weighted by atomic mass is 9.78. The minimum atomic E-state index is -0.177. The SMILES string of the molecule is CCCCC(=O)N1CC2(C1)OCCC2CCNC(=O)c1ccncc1. The van der Waals surface area contributed by atoms with Crippen LogP contribution in [0.2, 0.25) is 0 Å². The van der Waals surface area contributed by atoms with Crippen LogP contribution in [-0.4, -0.2) is 53.5 Å². The summed E-state index contributed by atoms with van der Waals surface area (Å²) in [5.74, 6) is 0.577. The van der Waals surface area contributed by atoms with Gasteiger partial charge in [-0.05, 0) is 37.3 Å². The molecule has 1 N–H and O–H groups in total. The molecule has 0 aromatic carbocycles. The summed E-state index contributed by atoms with van der Waals surface area (Å²) in [6, 6.07) is 3.42. The van der Waals surface area contributed by atoms with E-state index in [4.69, 9.17) is 4.74 Å². The molecule has 3 heterocycles. The summed E-state index contributed by atoms with van der Waals surface area (Å²) in [6.45, 7) is 4.89. The van der Waals surface area contributed by atoms with E-state index in [1.54, 1.807) is 24.5 Å². The molecule has 6 heteroatoms. The Morgan fingerprint density at radius 3 is 2.84 bits per heavy atom. The number of hydrogen-bond acceptors (Lipinski definition) is 4. The maximum atomic E-state index is 12.1. The van der Waals surface area contributed by atoms with E-state index in [-0.39, 0.29) is 17.4 Å². The zero-order valence-corrected chi connectivity index (χ0v) is 14.9. The number of pyridine rings is 1. The van der Waals surface area contributed by atoms with Crippen molar-refractivity contribution in [3.63, 3.8) is 0 Å². The molecule has 2 aliphatic heterocycles. The molecule has 1 aromatic rings. The molecule has 1 spiro atoms. The first-order valence-electron chi connectivity index (χ1n) is 9.24. The number of aromatic nitrogens is 1. The highest BCUT2D eigenvalue weighted by Gasteiger charge is 2.53. The Kier molecular flexibility index (Phi) is 5.68. The fourth-order valence-corrected chi connectivity index (χ4v) is 3.77. The molecule has 25 heavy (non-hydrogen) atoms. The Bertz CT molecular complexity index is 599. The Balaban J connectivity index is 1.44. The molecule has 1 atom stereocenters. The van der Waals surface area contributed by atoms with Gasteiger partial charge in [0.1, 0.15) is 5.60 Å². The second kappa shape index (κ2) is 7.95. The van der Waals surface area contributed by atoms with E-state index in [1.165, 1.54) is 0 Å². The number of ether oxygens (including phenoxy) is 1. The van der Waals surface area contributed by atoms with Crippen molar-refractivity contribution >= 4 is 11.8 Å². The Labute approximate surface area is 148 Å². The molecule has 136 valence electrons. The lowest BCUT2D eigenvalue weighted by molar-refractivity contribution is -0.165. The summed E-state index contributed by atoms with van der Waals surface area (Å²) >= 11 is 0. The van der Waals surface area contributed by atoms with Gasteiger partial charge in [-0.25, -0.2) is 0 Å². The average molecular weight is 345 g/mol. The monoisotopic (exact) mass is 345 g/mol. The Morgan fingerprint density at radius 1 is 1.36 bits per heavy atom. The van der Waals surface area contributed by atoms with Crippen molar-refractivity contribution in [1.29, 1.82) is 0 Å². The van der Waals surface area contributed by atoms with E-state index in [2.05, 4.69) is 17.2 Å². The molecule has 2 fully saturated rings. The summed E-state index contributed by atoms with van der Waals surface area (Å²) in [5, 5.41) is 2.97. The number of likely N-dealkylation sites (tertiary alicyclic amines) is 1. The molecule has 1 unspecified atom stereocenters. The van der Waals surface area contributed by atoms with Gasteiger partial charge in [0.05, 0.1) is 13.1 Å². The third-order valence-electron chi connectivity index (χ3n) is 5.33. The fourth-order valence-electron chi connectivity index (χ4n) is 3.77. The van der Waals surface area contributed by atoms with E-state index < -0.39 is 0 Å². The van der Waals surface area contributed by atoms with Gasteiger partial charge in [-0.15, -0.1) is 0 Å². The molecule has 3 rings (SSSR count). The normalized spacial score (nSPS) is 21.2. The van der Waals surface area contributed by atoms with E-state index in [0.29, 0.717) is 37.5 Å².